The Bertz CT molecular complexity index is 1020. The summed E-state index contributed by atoms with van der Waals surface area (Å²) in [4.78, 5) is 18.3. The lowest BCUT2D eigenvalue weighted by Gasteiger charge is -2.13. The van der Waals surface area contributed by atoms with Gasteiger partial charge in [-0.05, 0) is 53.6 Å². The van der Waals surface area contributed by atoms with Crippen molar-refractivity contribution >= 4 is 28.9 Å². The number of carbonyl (C=O) groups is 1. The van der Waals surface area contributed by atoms with Crippen LogP contribution in [0.15, 0.2) is 61.6 Å². The highest BCUT2D eigenvalue weighted by atomic mass is 35.5. The fourth-order valence-corrected chi connectivity index (χ4v) is 3.42. The SMILES string of the molecule is C=CC(=O)N1Cc2cc(Nc3ccc(Cl)cc3)c(-c3cn(C)cn3)cc2C1. The van der Waals surface area contributed by atoms with Gasteiger partial charge in [0.05, 0.1) is 12.0 Å². The molecule has 0 saturated carbocycles. The molecular formula is C21H19ClN4O. The predicted octanol–water partition coefficient (Wildman–Crippen LogP) is 4.51. The van der Waals surface area contributed by atoms with E-state index in [0.717, 1.165) is 33.8 Å². The quantitative estimate of drug-likeness (QED) is 0.679. The zero-order valence-electron chi connectivity index (χ0n) is 14.9. The number of amides is 1. The average Bonchev–Trinajstić information content (AvgIpc) is 3.28. The van der Waals surface area contributed by atoms with Gasteiger partial charge in [-0.3, -0.25) is 4.79 Å². The van der Waals surface area contributed by atoms with Crippen molar-refractivity contribution < 1.29 is 4.79 Å². The predicted molar refractivity (Wildman–Crippen MR) is 108 cm³/mol. The Labute approximate surface area is 162 Å². The van der Waals surface area contributed by atoms with E-state index in [1.807, 2.05) is 42.1 Å². The lowest BCUT2D eigenvalue weighted by Crippen LogP contribution is -2.22. The molecule has 3 aromatic rings. The lowest BCUT2D eigenvalue weighted by molar-refractivity contribution is -0.126. The summed E-state index contributed by atoms with van der Waals surface area (Å²) in [5, 5.41) is 4.16. The topological polar surface area (TPSA) is 50.2 Å². The first-order chi connectivity index (χ1) is 13.0. The van der Waals surface area contributed by atoms with Crippen LogP contribution in [0.4, 0.5) is 11.4 Å². The minimum Gasteiger partial charge on any atom is -0.355 e. The molecule has 5 nitrogen and oxygen atoms in total. The number of nitrogens with zero attached hydrogens (tertiary/aromatic N) is 3. The molecule has 0 radical (unpaired) electrons. The van der Waals surface area contributed by atoms with Crippen LogP contribution in [0.5, 0.6) is 0 Å². The third kappa shape index (κ3) is 3.46. The minimum absolute atomic E-state index is 0.0576. The Kier molecular flexibility index (Phi) is 4.46. The van der Waals surface area contributed by atoms with E-state index >= 15 is 0 Å². The van der Waals surface area contributed by atoms with Crippen LogP contribution in [-0.4, -0.2) is 20.4 Å². The number of halogens is 1. The summed E-state index contributed by atoms with van der Waals surface area (Å²) in [6.07, 6.45) is 5.12. The van der Waals surface area contributed by atoms with Gasteiger partial charge in [0.25, 0.3) is 0 Å². The number of rotatable bonds is 4. The van der Waals surface area contributed by atoms with Crippen LogP contribution >= 0.6 is 11.6 Å². The molecular weight excluding hydrogens is 360 g/mol. The molecule has 4 rings (SSSR count). The first-order valence-electron chi connectivity index (χ1n) is 8.61. The second kappa shape index (κ2) is 6.93. The largest absolute Gasteiger partial charge is 0.355 e. The van der Waals surface area contributed by atoms with Crippen LogP contribution < -0.4 is 5.32 Å². The number of aromatic nitrogens is 2. The summed E-state index contributed by atoms with van der Waals surface area (Å²) in [6, 6.07) is 11.8. The molecule has 0 aliphatic carbocycles. The lowest BCUT2D eigenvalue weighted by atomic mass is 10.0. The number of imidazole rings is 1. The molecule has 0 fully saturated rings. The zero-order chi connectivity index (χ0) is 19.0. The van der Waals surface area contributed by atoms with Gasteiger partial charge in [-0.25, -0.2) is 4.98 Å². The van der Waals surface area contributed by atoms with Crippen LogP contribution in [0.3, 0.4) is 0 Å². The number of fused-ring (bicyclic) bond motifs is 1. The van der Waals surface area contributed by atoms with Gasteiger partial charge in [0.2, 0.25) is 5.91 Å². The van der Waals surface area contributed by atoms with Crippen molar-refractivity contribution in [2.24, 2.45) is 7.05 Å². The third-order valence-electron chi connectivity index (χ3n) is 4.65. The molecule has 0 spiro atoms. The molecule has 1 amide bonds. The molecule has 2 aromatic carbocycles. The number of aryl methyl sites for hydroxylation is 1. The zero-order valence-corrected chi connectivity index (χ0v) is 15.7. The van der Waals surface area contributed by atoms with E-state index in [1.165, 1.54) is 6.08 Å². The van der Waals surface area contributed by atoms with Crippen LogP contribution in [0, 0.1) is 0 Å². The van der Waals surface area contributed by atoms with Gasteiger partial charge in [0, 0.05) is 48.3 Å². The summed E-state index contributed by atoms with van der Waals surface area (Å²) in [7, 11) is 1.95. The molecule has 0 bridgehead atoms. The van der Waals surface area contributed by atoms with E-state index in [2.05, 4.69) is 29.0 Å². The highest BCUT2D eigenvalue weighted by Crippen LogP contribution is 2.36. The molecule has 0 saturated heterocycles. The summed E-state index contributed by atoms with van der Waals surface area (Å²) in [6.45, 7) is 4.76. The molecule has 27 heavy (non-hydrogen) atoms. The molecule has 1 aliphatic rings. The third-order valence-corrected chi connectivity index (χ3v) is 4.90. The van der Waals surface area contributed by atoms with E-state index in [0.29, 0.717) is 18.1 Å². The number of nitrogens with one attached hydrogen (secondary N) is 1. The Morgan fingerprint density at radius 2 is 1.93 bits per heavy atom. The number of benzene rings is 2. The van der Waals surface area contributed by atoms with E-state index < -0.39 is 0 Å². The second-order valence-corrected chi connectivity index (χ2v) is 7.06. The Balaban J connectivity index is 1.76. The van der Waals surface area contributed by atoms with Gasteiger partial charge in [-0.15, -0.1) is 0 Å². The maximum atomic E-state index is 12.0. The molecule has 2 heterocycles. The van der Waals surface area contributed by atoms with Gasteiger partial charge in [-0.2, -0.15) is 0 Å². The average molecular weight is 379 g/mol. The van der Waals surface area contributed by atoms with Crippen LogP contribution in [0.1, 0.15) is 11.1 Å². The van der Waals surface area contributed by atoms with Crippen LogP contribution in [0.25, 0.3) is 11.3 Å². The number of anilines is 2. The minimum atomic E-state index is -0.0576. The second-order valence-electron chi connectivity index (χ2n) is 6.62. The Hall–Kier alpha value is -3.05. The van der Waals surface area contributed by atoms with E-state index in [4.69, 9.17) is 11.6 Å². The fraction of sp³-hybridized carbons (Fsp3) is 0.143. The first-order valence-corrected chi connectivity index (χ1v) is 8.99. The summed E-state index contributed by atoms with van der Waals surface area (Å²) in [5.41, 5.74) is 6.02. The van der Waals surface area contributed by atoms with E-state index in [1.54, 1.807) is 11.2 Å². The molecule has 0 atom stereocenters. The van der Waals surface area contributed by atoms with Crippen LogP contribution in [-0.2, 0) is 24.9 Å². The first kappa shape index (κ1) is 17.4. The molecule has 1 aliphatic heterocycles. The monoisotopic (exact) mass is 378 g/mol. The van der Waals surface area contributed by atoms with Crippen molar-refractivity contribution in [3.8, 4) is 11.3 Å². The number of hydrogen-bond acceptors (Lipinski definition) is 3. The summed E-state index contributed by atoms with van der Waals surface area (Å²) in [5.74, 6) is -0.0576. The molecule has 1 aromatic heterocycles. The van der Waals surface area contributed by atoms with Gasteiger partial charge in [-0.1, -0.05) is 18.2 Å². The van der Waals surface area contributed by atoms with E-state index in [-0.39, 0.29) is 5.91 Å². The van der Waals surface area contributed by atoms with Gasteiger partial charge >= 0.3 is 0 Å². The highest BCUT2D eigenvalue weighted by molar-refractivity contribution is 6.30. The summed E-state index contributed by atoms with van der Waals surface area (Å²) >= 11 is 5.99. The Morgan fingerprint density at radius 1 is 1.22 bits per heavy atom. The summed E-state index contributed by atoms with van der Waals surface area (Å²) < 4.78 is 1.92. The maximum Gasteiger partial charge on any atom is 0.246 e. The fourth-order valence-electron chi connectivity index (χ4n) is 3.29. The smallest absolute Gasteiger partial charge is 0.246 e. The van der Waals surface area contributed by atoms with Crippen molar-refractivity contribution in [2.75, 3.05) is 5.32 Å². The van der Waals surface area contributed by atoms with E-state index in [9.17, 15) is 4.79 Å². The van der Waals surface area contributed by atoms with Crippen molar-refractivity contribution in [2.45, 2.75) is 13.1 Å². The Morgan fingerprint density at radius 3 is 2.56 bits per heavy atom. The van der Waals surface area contributed by atoms with Gasteiger partial charge < -0.3 is 14.8 Å². The van der Waals surface area contributed by atoms with Crippen molar-refractivity contribution in [1.29, 1.82) is 0 Å². The van der Waals surface area contributed by atoms with Gasteiger partial charge in [0.1, 0.15) is 0 Å². The van der Waals surface area contributed by atoms with Crippen molar-refractivity contribution in [1.82, 2.24) is 14.5 Å². The standard InChI is InChI=1S/C21H19ClN4O/c1-3-21(27)26-10-14-8-18(20-12-25(2)13-23-20)19(9-15(14)11-26)24-17-6-4-16(22)5-7-17/h3-9,12-13,24H,1,10-11H2,2H3. The normalized spacial score (nSPS) is 12.7. The van der Waals surface area contributed by atoms with Gasteiger partial charge in [0.15, 0.2) is 0 Å². The molecule has 1 N–H and O–H groups in total. The molecule has 0 unspecified atom stereocenters. The van der Waals surface area contributed by atoms with Crippen LogP contribution in [0.2, 0.25) is 5.02 Å². The number of hydrogen-bond donors (Lipinski definition) is 1. The molecule has 136 valence electrons. The van der Waals surface area contributed by atoms with Crippen molar-refractivity contribution in [3.05, 3.63) is 77.7 Å². The van der Waals surface area contributed by atoms with Crippen molar-refractivity contribution in [3.63, 3.8) is 0 Å². The maximum absolute atomic E-state index is 12.0. The molecule has 6 heteroatoms. The number of carbonyl (C=O) groups excluding carboxylic acids is 1. The highest BCUT2D eigenvalue weighted by Gasteiger charge is 2.24.